The Balaban J connectivity index is 1.86. The quantitative estimate of drug-likeness (QED) is 0.767. The van der Waals surface area contributed by atoms with Gasteiger partial charge in [0.05, 0.1) is 0 Å². The van der Waals surface area contributed by atoms with Crippen molar-refractivity contribution in [1.82, 2.24) is 15.5 Å². The molecular weight excluding hydrogens is 278 g/mol. The van der Waals surface area contributed by atoms with Gasteiger partial charge >= 0.3 is 6.03 Å². The Hall–Kier alpha value is -1.62. The maximum Gasteiger partial charge on any atom is 0.322 e. The van der Waals surface area contributed by atoms with Gasteiger partial charge in [-0.15, -0.1) is 0 Å². The molecule has 3 rings (SSSR count). The monoisotopic (exact) mass is 303 g/mol. The average molecular weight is 303 g/mol. The zero-order valence-corrected chi connectivity index (χ0v) is 13.6. The lowest BCUT2D eigenvalue weighted by molar-refractivity contribution is -0.125. The number of imide groups is 1. The molecule has 0 aromatic carbocycles. The van der Waals surface area contributed by atoms with Crippen molar-refractivity contribution < 1.29 is 9.59 Å². The van der Waals surface area contributed by atoms with Gasteiger partial charge in [-0.2, -0.15) is 0 Å². The smallest absolute Gasteiger partial charge is 0.322 e. The normalized spacial score (nSPS) is 38.2. The summed E-state index contributed by atoms with van der Waals surface area (Å²) in [5.74, 6) is 0.397. The predicted octanol–water partition coefficient (Wildman–Crippen LogP) is 1.96. The van der Waals surface area contributed by atoms with E-state index in [0.717, 1.165) is 19.3 Å². The van der Waals surface area contributed by atoms with Crippen molar-refractivity contribution >= 4 is 11.9 Å². The van der Waals surface area contributed by atoms with Gasteiger partial charge in [0, 0.05) is 5.54 Å². The summed E-state index contributed by atoms with van der Waals surface area (Å²) in [4.78, 5) is 25.9. The molecule has 1 atom stereocenters. The summed E-state index contributed by atoms with van der Waals surface area (Å²) in [5, 5.41) is 5.24. The minimum Gasteiger partial charge on any atom is -0.323 e. The van der Waals surface area contributed by atoms with Crippen LogP contribution >= 0.6 is 0 Å². The fraction of sp³-hybridized carbons (Fsp3) is 0.647. The third-order valence-corrected chi connectivity index (χ3v) is 5.61. The van der Waals surface area contributed by atoms with Gasteiger partial charge in [0.25, 0.3) is 5.91 Å². The van der Waals surface area contributed by atoms with Crippen LogP contribution in [0, 0.1) is 5.92 Å². The predicted molar refractivity (Wildman–Crippen MR) is 85.3 cm³/mol. The molecular formula is C17H25N3O2. The van der Waals surface area contributed by atoms with Gasteiger partial charge in [-0.25, -0.2) is 4.79 Å². The van der Waals surface area contributed by atoms with E-state index < -0.39 is 5.54 Å². The molecule has 3 aliphatic rings. The molecule has 120 valence electrons. The number of hydrogen-bond acceptors (Lipinski definition) is 3. The minimum absolute atomic E-state index is 0.0377. The van der Waals surface area contributed by atoms with Crippen LogP contribution < -0.4 is 10.6 Å². The first kappa shape index (κ1) is 15.3. The van der Waals surface area contributed by atoms with Gasteiger partial charge in [0.1, 0.15) is 5.54 Å². The number of hydrogen-bond donors (Lipinski definition) is 2. The largest absolute Gasteiger partial charge is 0.323 e. The highest BCUT2D eigenvalue weighted by Crippen LogP contribution is 2.44. The van der Waals surface area contributed by atoms with Crippen molar-refractivity contribution in [1.29, 1.82) is 0 Å². The lowest BCUT2D eigenvalue weighted by Crippen LogP contribution is -2.57. The SMILES string of the molecule is CC1C=C([C@]2(N(C)C)CC[C@@]3(CC2)NC(=O)NC3=O)C=CC1. The molecule has 2 aliphatic carbocycles. The van der Waals surface area contributed by atoms with Gasteiger partial charge in [-0.05, 0) is 57.7 Å². The molecule has 22 heavy (non-hydrogen) atoms. The van der Waals surface area contributed by atoms with Crippen LogP contribution in [0.1, 0.15) is 39.0 Å². The van der Waals surface area contributed by atoms with E-state index in [1.165, 1.54) is 5.57 Å². The molecule has 1 heterocycles. The van der Waals surface area contributed by atoms with Crippen LogP contribution in [0.25, 0.3) is 0 Å². The maximum atomic E-state index is 12.1. The van der Waals surface area contributed by atoms with Crippen LogP contribution in [0.5, 0.6) is 0 Å². The van der Waals surface area contributed by atoms with E-state index in [4.69, 9.17) is 0 Å². The van der Waals surface area contributed by atoms with E-state index in [1.54, 1.807) is 0 Å². The molecule has 2 N–H and O–H groups in total. The molecule has 0 bridgehead atoms. The molecule has 0 aromatic heterocycles. The fourth-order valence-electron chi connectivity index (χ4n) is 4.11. The number of amides is 3. The summed E-state index contributed by atoms with van der Waals surface area (Å²) in [6, 6.07) is -0.354. The van der Waals surface area contributed by atoms with Crippen molar-refractivity contribution in [3.8, 4) is 0 Å². The zero-order chi connectivity index (χ0) is 16.0. The Labute approximate surface area is 131 Å². The molecule has 0 aromatic rings. The second-order valence-electron chi connectivity index (χ2n) is 7.15. The average Bonchev–Trinajstić information content (AvgIpc) is 2.74. The fourth-order valence-corrected chi connectivity index (χ4v) is 4.11. The number of allylic oxidation sites excluding steroid dienone is 2. The summed E-state index contributed by atoms with van der Waals surface area (Å²) < 4.78 is 0. The van der Waals surface area contributed by atoms with Crippen LogP contribution in [0.2, 0.25) is 0 Å². The summed E-state index contributed by atoms with van der Waals surface area (Å²) in [6.07, 6.45) is 11.1. The van der Waals surface area contributed by atoms with Crippen molar-refractivity contribution in [2.45, 2.75) is 50.1 Å². The maximum absolute atomic E-state index is 12.1. The highest BCUT2D eigenvalue weighted by Gasteiger charge is 2.53. The summed E-state index contributed by atoms with van der Waals surface area (Å²) in [5.41, 5.74) is 0.626. The van der Waals surface area contributed by atoms with Crippen LogP contribution in [0.3, 0.4) is 0 Å². The standard InChI is InChI=1S/C17H25N3O2/c1-12-5-4-6-13(11-12)17(20(2)3)9-7-16(8-10-17)14(21)18-15(22)19-16/h4,6,11-12H,5,7-10H2,1-3H3,(H2,18,19,21,22)/t12?,16-,17-. The number of carbonyl (C=O) groups excluding carboxylic acids is 2. The van der Waals surface area contributed by atoms with E-state index >= 15 is 0 Å². The third-order valence-electron chi connectivity index (χ3n) is 5.61. The number of nitrogens with zero attached hydrogens (tertiary/aromatic N) is 1. The van der Waals surface area contributed by atoms with Crippen LogP contribution in [0.4, 0.5) is 4.79 Å². The molecule has 1 saturated heterocycles. The molecule has 0 radical (unpaired) electrons. The molecule has 5 nitrogen and oxygen atoms in total. The van der Waals surface area contributed by atoms with Crippen LogP contribution in [0.15, 0.2) is 23.8 Å². The van der Waals surface area contributed by atoms with E-state index in [0.29, 0.717) is 18.8 Å². The Morgan fingerprint density at radius 1 is 1.18 bits per heavy atom. The number of carbonyl (C=O) groups is 2. The Bertz CT molecular complexity index is 554. The number of urea groups is 1. The molecule has 2 fully saturated rings. The summed E-state index contributed by atoms with van der Waals surface area (Å²) in [7, 11) is 4.22. The number of nitrogens with one attached hydrogen (secondary N) is 2. The molecule has 1 unspecified atom stereocenters. The van der Waals surface area contributed by atoms with Crippen molar-refractivity contribution in [3.63, 3.8) is 0 Å². The van der Waals surface area contributed by atoms with Crippen molar-refractivity contribution in [2.24, 2.45) is 5.92 Å². The summed E-state index contributed by atoms with van der Waals surface area (Å²) in [6.45, 7) is 2.24. The minimum atomic E-state index is -0.693. The van der Waals surface area contributed by atoms with Gasteiger partial charge in [0.15, 0.2) is 0 Å². The first-order valence-electron chi connectivity index (χ1n) is 8.08. The van der Waals surface area contributed by atoms with E-state index in [-0.39, 0.29) is 17.5 Å². The molecule has 1 spiro atoms. The van der Waals surface area contributed by atoms with E-state index in [9.17, 15) is 9.59 Å². The second-order valence-corrected chi connectivity index (χ2v) is 7.15. The highest BCUT2D eigenvalue weighted by molar-refractivity contribution is 6.07. The Kier molecular flexibility index (Phi) is 3.63. The molecule has 1 saturated carbocycles. The Morgan fingerprint density at radius 3 is 2.36 bits per heavy atom. The topological polar surface area (TPSA) is 61.4 Å². The van der Waals surface area contributed by atoms with Gasteiger partial charge in [-0.3, -0.25) is 15.0 Å². The number of rotatable bonds is 2. The van der Waals surface area contributed by atoms with Crippen LogP contribution in [-0.4, -0.2) is 42.0 Å². The summed E-state index contributed by atoms with van der Waals surface area (Å²) >= 11 is 0. The van der Waals surface area contributed by atoms with Gasteiger partial charge in [0.2, 0.25) is 0 Å². The lowest BCUT2D eigenvalue weighted by Gasteiger charge is -2.49. The van der Waals surface area contributed by atoms with E-state index in [1.807, 2.05) is 0 Å². The zero-order valence-electron chi connectivity index (χ0n) is 13.6. The first-order valence-corrected chi connectivity index (χ1v) is 8.08. The van der Waals surface area contributed by atoms with E-state index in [2.05, 4.69) is 54.8 Å². The highest BCUT2D eigenvalue weighted by atomic mass is 16.2. The lowest BCUT2D eigenvalue weighted by atomic mass is 9.67. The first-order chi connectivity index (χ1) is 10.4. The van der Waals surface area contributed by atoms with Crippen LogP contribution in [-0.2, 0) is 4.79 Å². The van der Waals surface area contributed by atoms with Gasteiger partial charge in [-0.1, -0.05) is 25.2 Å². The van der Waals surface area contributed by atoms with Crippen molar-refractivity contribution in [2.75, 3.05) is 14.1 Å². The van der Waals surface area contributed by atoms with Gasteiger partial charge < -0.3 is 5.32 Å². The molecule has 3 amide bonds. The molecule has 1 aliphatic heterocycles. The second kappa shape index (κ2) is 5.23. The third kappa shape index (κ3) is 2.28. The number of likely N-dealkylation sites (N-methyl/N-ethyl adjacent to an activating group) is 1. The molecule has 5 heteroatoms. The van der Waals surface area contributed by atoms with Crippen molar-refractivity contribution in [3.05, 3.63) is 23.8 Å². The Morgan fingerprint density at radius 2 is 1.86 bits per heavy atom.